The van der Waals surface area contributed by atoms with Gasteiger partial charge < -0.3 is 14.3 Å². The minimum Gasteiger partial charge on any atom is -0.361 e. The van der Waals surface area contributed by atoms with E-state index < -0.39 is 0 Å². The standard InChI is InChI=1S/C15H21N3O3/c1-4-17-8-11-5-6-18(12(7-11)14(17)19)15(20)13-9(2)16-21-10(13)3/h11-12H,4-8H2,1-3H3/t11-,12+/m0/s1. The molecule has 0 spiro atoms. The van der Waals surface area contributed by atoms with E-state index in [1.54, 1.807) is 18.7 Å². The van der Waals surface area contributed by atoms with E-state index in [4.69, 9.17) is 4.52 Å². The Labute approximate surface area is 124 Å². The lowest BCUT2D eigenvalue weighted by atomic mass is 9.85. The van der Waals surface area contributed by atoms with Gasteiger partial charge in [-0.1, -0.05) is 5.16 Å². The van der Waals surface area contributed by atoms with E-state index in [-0.39, 0.29) is 17.9 Å². The Kier molecular flexibility index (Phi) is 3.47. The number of carbonyl (C=O) groups excluding carboxylic acids is 2. The molecule has 0 saturated carbocycles. The lowest BCUT2D eigenvalue weighted by Gasteiger charge is -2.46. The van der Waals surface area contributed by atoms with Gasteiger partial charge in [0, 0.05) is 19.6 Å². The largest absolute Gasteiger partial charge is 0.361 e. The van der Waals surface area contributed by atoms with Crippen LogP contribution >= 0.6 is 0 Å². The Morgan fingerprint density at radius 2 is 2.19 bits per heavy atom. The first-order valence-corrected chi connectivity index (χ1v) is 7.55. The van der Waals surface area contributed by atoms with Crippen LogP contribution in [0.4, 0.5) is 0 Å². The van der Waals surface area contributed by atoms with E-state index in [2.05, 4.69) is 5.16 Å². The minimum atomic E-state index is -0.321. The summed E-state index contributed by atoms with van der Waals surface area (Å²) in [6, 6.07) is -0.321. The highest BCUT2D eigenvalue weighted by atomic mass is 16.5. The summed E-state index contributed by atoms with van der Waals surface area (Å²) in [4.78, 5) is 28.9. The zero-order valence-electron chi connectivity index (χ0n) is 12.8. The number of carbonyl (C=O) groups is 2. The van der Waals surface area contributed by atoms with Crippen molar-refractivity contribution in [1.82, 2.24) is 15.0 Å². The van der Waals surface area contributed by atoms with Crippen molar-refractivity contribution >= 4 is 11.8 Å². The molecule has 6 nitrogen and oxygen atoms in total. The fourth-order valence-corrected chi connectivity index (χ4v) is 3.51. The molecule has 2 bridgehead atoms. The molecule has 1 aromatic rings. The van der Waals surface area contributed by atoms with Gasteiger partial charge in [-0.15, -0.1) is 0 Å². The zero-order chi connectivity index (χ0) is 15.1. The highest BCUT2D eigenvalue weighted by molar-refractivity contribution is 5.99. The van der Waals surface area contributed by atoms with Gasteiger partial charge >= 0.3 is 0 Å². The van der Waals surface area contributed by atoms with Gasteiger partial charge in [-0.3, -0.25) is 9.59 Å². The van der Waals surface area contributed by atoms with Crippen LogP contribution in [0.15, 0.2) is 4.52 Å². The van der Waals surface area contributed by atoms with Crippen molar-refractivity contribution < 1.29 is 14.1 Å². The highest BCUT2D eigenvalue weighted by Crippen LogP contribution is 2.31. The van der Waals surface area contributed by atoms with E-state index in [0.29, 0.717) is 36.0 Å². The Balaban J connectivity index is 1.89. The summed E-state index contributed by atoms with van der Waals surface area (Å²) in [5, 5.41) is 3.84. The van der Waals surface area contributed by atoms with Crippen molar-refractivity contribution in [2.75, 3.05) is 19.6 Å². The fourth-order valence-electron chi connectivity index (χ4n) is 3.51. The molecule has 3 rings (SSSR count). The van der Waals surface area contributed by atoms with Crippen LogP contribution in [0, 0.1) is 19.8 Å². The smallest absolute Gasteiger partial charge is 0.260 e. The van der Waals surface area contributed by atoms with E-state index in [9.17, 15) is 9.59 Å². The first kappa shape index (κ1) is 14.1. The summed E-state index contributed by atoms with van der Waals surface area (Å²) in [5.74, 6) is 0.992. The number of nitrogens with zero attached hydrogens (tertiary/aromatic N) is 3. The van der Waals surface area contributed by atoms with Crippen LogP contribution in [-0.4, -0.2) is 52.4 Å². The molecule has 2 aliphatic rings. The van der Waals surface area contributed by atoms with Gasteiger partial charge in [0.25, 0.3) is 5.91 Å². The molecule has 0 radical (unpaired) electrons. The summed E-state index contributed by atoms with van der Waals surface area (Å²) < 4.78 is 5.09. The van der Waals surface area contributed by atoms with Crippen LogP contribution in [0.1, 0.15) is 41.6 Å². The third kappa shape index (κ3) is 2.22. The van der Waals surface area contributed by atoms with Crippen molar-refractivity contribution in [1.29, 1.82) is 0 Å². The first-order chi connectivity index (χ1) is 10.0. The molecule has 21 heavy (non-hydrogen) atoms. The third-order valence-electron chi connectivity index (χ3n) is 4.68. The number of amides is 2. The number of aryl methyl sites for hydroxylation is 2. The van der Waals surface area contributed by atoms with Crippen LogP contribution < -0.4 is 0 Å². The normalized spacial score (nSPS) is 25.4. The Bertz CT molecular complexity index is 561. The number of likely N-dealkylation sites (N-methyl/N-ethyl adjacent to an activating group) is 1. The van der Waals surface area contributed by atoms with Gasteiger partial charge in [0.15, 0.2) is 0 Å². The highest BCUT2D eigenvalue weighted by Gasteiger charge is 2.43. The van der Waals surface area contributed by atoms with Gasteiger partial charge in [-0.05, 0) is 39.5 Å². The Morgan fingerprint density at radius 1 is 1.43 bits per heavy atom. The van der Waals surface area contributed by atoms with Crippen molar-refractivity contribution in [2.24, 2.45) is 5.92 Å². The number of fused-ring (bicyclic) bond motifs is 2. The number of piperidine rings is 2. The van der Waals surface area contributed by atoms with Crippen molar-refractivity contribution in [3.05, 3.63) is 17.0 Å². The minimum absolute atomic E-state index is 0.0774. The zero-order valence-corrected chi connectivity index (χ0v) is 12.8. The fraction of sp³-hybridized carbons (Fsp3) is 0.667. The summed E-state index contributed by atoms with van der Waals surface area (Å²) >= 11 is 0. The third-order valence-corrected chi connectivity index (χ3v) is 4.68. The van der Waals surface area contributed by atoms with Crippen LogP contribution in [-0.2, 0) is 4.79 Å². The summed E-state index contributed by atoms with van der Waals surface area (Å²) in [6.07, 6.45) is 1.74. The maximum Gasteiger partial charge on any atom is 0.260 e. The topological polar surface area (TPSA) is 66.7 Å². The molecule has 0 aliphatic carbocycles. The molecular formula is C15H21N3O3. The Morgan fingerprint density at radius 3 is 2.81 bits per heavy atom. The molecule has 2 atom stereocenters. The van der Waals surface area contributed by atoms with Crippen molar-refractivity contribution in [2.45, 2.75) is 39.7 Å². The van der Waals surface area contributed by atoms with Crippen LogP contribution in [0.2, 0.25) is 0 Å². The second kappa shape index (κ2) is 5.16. The maximum absolute atomic E-state index is 12.8. The quantitative estimate of drug-likeness (QED) is 0.825. The SMILES string of the molecule is CCN1C[C@H]2CCN(C(=O)c3c(C)noc3C)[C@H](C2)C1=O. The molecule has 2 aliphatic heterocycles. The van der Waals surface area contributed by atoms with E-state index >= 15 is 0 Å². The number of rotatable bonds is 2. The molecule has 0 N–H and O–H groups in total. The molecule has 3 heterocycles. The molecule has 1 aromatic heterocycles. The van der Waals surface area contributed by atoms with Gasteiger partial charge in [0.05, 0.1) is 5.69 Å². The van der Waals surface area contributed by atoms with Crippen LogP contribution in [0.3, 0.4) is 0 Å². The number of hydrogen-bond acceptors (Lipinski definition) is 4. The van der Waals surface area contributed by atoms with E-state index in [1.807, 2.05) is 11.8 Å². The molecule has 0 aromatic carbocycles. The predicted octanol–water partition coefficient (Wildman–Crippen LogP) is 1.37. The number of aromatic nitrogens is 1. The monoisotopic (exact) mass is 291 g/mol. The molecule has 2 fully saturated rings. The average Bonchev–Trinajstić information content (AvgIpc) is 2.81. The van der Waals surface area contributed by atoms with Gasteiger partial charge in [0.2, 0.25) is 5.91 Å². The molecule has 114 valence electrons. The van der Waals surface area contributed by atoms with Crippen molar-refractivity contribution in [3.63, 3.8) is 0 Å². The number of likely N-dealkylation sites (tertiary alicyclic amines) is 2. The number of hydrogen-bond donors (Lipinski definition) is 0. The lowest BCUT2D eigenvalue weighted by molar-refractivity contribution is -0.143. The van der Waals surface area contributed by atoms with Gasteiger partial charge in [-0.25, -0.2) is 0 Å². The lowest BCUT2D eigenvalue weighted by Crippen LogP contribution is -2.60. The predicted molar refractivity (Wildman–Crippen MR) is 75.8 cm³/mol. The summed E-state index contributed by atoms with van der Waals surface area (Å²) in [5.41, 5.74) is 1.10. The van der Waals surface area contributed by atoms with E-state index in [0.717, 1.165) is 19.4 Å². The summed E-state index contributed by atoms with van der Waals surface area (Å²) in [6.45, 7) is 7.66. The van der Waals surface area contributed by atoms with Crippen LogP contribution in [0.25, 0.3) is 0 Å². The van der Waals surface area contributed by atoms with E-state index in [1.165, 1.54) is 0 Å². The maximum atomic E-state index is 12.8. The van der Waals surface area contributed by atoms with Crippen molar-refractivity contribution in [3.8, 4) is 0 Å². The molecule has 2 saturated heterocycles. The van der Waals surface area contributed by atoms with Gasteiger partial charge in [-0.2, -0.15) is 0 Å². The second-order valence-corrected chi connectivity index (χ2v) is 5.98. The summed E-state index contributed by atoms with van der Waals surface area (Å²) in [7, 11) is 0. The molecule has 2 amide bonds. The molecule has 6 heteroatoms. The average molecular weight is 291 g/mol. The first-order valence-electron chi connectivity index (χ1n) is 7.55. The van der Waals surface area contributed by atoms with Gasteiger partial charge in [0.1, 0.15) is 17.4 Å². The van der Waals surface area contributed by atoms with Crippen LogP contribution in [0.5, 0.6) is 0 Å². The Hall–Kier alpha value is -1.85. The second-order valence-electron chi connectivity index (χ2n) is 5.98. The molecular weight excluding hydrogens is 270 g/mol. The molecule has 0 unspecified atom stereocenters.